The minimum atomic E-state index is -1.98. The number of carbonyl (C=O) groups is 2. The first-order valence-electron chi connectivity index (χ1n) is 13.6. The van der Waals surface area contributed by atoms with Crippen LogP contribution >= 0.6 is 0 Å². The summed E-state index contributed by atoms with van der Waals surface area (Å²) in [6.07, 6.45) is -6.53. The van der Waals surface area contributed by atoms with Gasteiger partial charge < -0.3 is 49.4 Å². The topological polar surface area (TPSA) is 175 Å². The Morgan fingerprint density at radius 3 is 2.29 bits per heavy atom. The van der Waals surface area contributed by atoms with Crippen LogP contribution < -0.4 is 4.74 Å². The van der Waals surface area contributed by atoms with Crippen LogP contribution in [0.15, 0.2) is 18.2 Å². The fourth-order valence-electron chi connectivity index (χ4n) is 6.54. The van der Waals surface area contributed by atoms with Crippen molar-refractivity contribution in [3.63, 3.8) is 0 Å². The molecule has 1 aliphatic heterocycles. The number of fused-ring (bicyclic) bond motifs is 3. The van der Waals surface area contributed by atoms with Gasteiger partial charge in [-0.3, -0.25) is 9.59 Å². The number of hydrogen-bond donors (Lipinski definition) is 5. The minimum Gasteiger partial charge on any atom is -0.507 e. The van der Waals surface area contributed by atoms with E-state index in [2.05, 4.69) is 0 Å². The molecular weight excluding hydrogens is 550 g/mol. The number of ketones is 2. The lowest BCUT2D eigenvalue weighted by Gasteiger charge is -2.51. The molecule has 2 aliphatic carbocycles. The third-order valence-electron chi connectivity index (χ3n) is 9.25. The Labute approximate surface area is 243 Å². The maximum atomic E-state index is 13.8. The number of phenolic OH excluding ortho intramolecular Hbond substituents is 2. The molecule has 0 unspecified atom stereocenters. The predicted molar refractivity (Wildman–Crippen MR) is 147 cm³/mol. The highest BCUT2D eigenvalue weighted by molar-refractivity contribution is 6.31. The van der Waals surface area contributed by atoms with Gasteiger partial charge in [0.05, 0.1) is 41.5 Å². The average molecular weight is 588 g/mol. The van der Waals surface area contributed by atoms with Crippen LogP contribution in [0.5, 0.6) is 17.2 Å². The van der Waals surface area contributed by atoms with Crippen LogP contribution in [0.2, 0.25) is 0 Å². The molecule has 2 aromatic carbocycles. The summed E-state index contributed by atoms with van der Waals surface area (Å²) < 4.78 is 23.3. The van der Waals surface area contributed by atoms with E-state index >= 15 is 0 Å². The average Bonchev–Trinajstić information content (AvgIpc) is 2.92. The van der Waals surface area contributed by atoms with Crippen molar-refractivity contribution in [2.24, 2.45) is 0 Å². The lowest BCUT2D eigenvalue weighted by atomic mass is 9.71. The van der Waals surface area contributed by atoms with E-state index in [1.807, 2.05) is 25.9 Å². The summed E-state index contributed by atoms with van der Waals surface area (Å²) in [5, 5.41) is 56.0. The van der Waals surface area contributed by atoms with Crippen LogP contribution in [-0.4, -0.2) is 106 Å². The lowest BCUT2D eigenvalue weighted by molar-refractivity contribution is -0.295. The van der Waals surface area contributed by atoms with Gasteiger partial charge in [0.1, 0.15) is 41.2 Å². The molecule has 0 saturated carbocycles. The second-order valence-corrected chi connectivity index (χ2v) is 11.9. The Bertz CT molecular complexity index is 1450. The van der Waals surface area contributed by atoms with Gasteiger partial charge in [0.15, 0.2) is 12.1 Å². The fraction of sp³-hybridized carbons (Fsp3) is 0.533. The molecule has 1 saturated heterocycles. The van der Waals surface area contributed by atoms with Crippen molar-refractivity contribution in [1.82, 2.24) is 4.90 Å². The number of carbonyl (C=O) groups excluding carboxylic acids is 2. The monoisotopic (exact) mass is 587 g/mol. The predicted octanol–water partition coefficient (Wildman–Crippen LogP) is 1.57. The Balaban J connectivity index is 1.69. The highest BCUT2D eigenvalue weighted by atomic mass is 16.7. The zero-order valence-corrected chi connectivity index (χ0v) is 24.5. The molecule has 1 heterocycles. The number of hydrogen-bond acceptors (Lipinski definition) is 12. The largest absolute Gasteiger partial charge is 0.507 e. The first kappa shape index (κ1) is 30.4. The molecule has 228 valence electrons. The zero-order chi connectivity index (χ0) is 31.0. The van der Waals surface area contributed by atoms with Crippen molar-refractivity contribution in [1.29, 1.82) is 0 Å². The SMILES string of the molecule is COc1ccc(O)c2c1C(=O)c1cc3c(c(O)c1C2=O)[C@@H](O[C@@H]1C[C@](C)(N(C)C)[C@@H](O)[C@@H](C)O1)[C@H](OC)[C@](C)(O)[C@@H]3O. The molecular formula is C30H37NO11. The number of aliphatic hydroxyl groups excluding tert-OH is 2. The number of aliphatic hydroxyl groups is 3. The van der Waals surface area contributed by atoms with Crippen LogP contribution in [0.4, 0.5) is 0 Å². The summed E-state index contributed by atoms with van der Waals surface area (Å²) in [4.78, 5) is 29.3. The van der Waals surface area contributed by atoms with E-state index < -0.39 is 76.6 Å². The number of aromatic hydroxyl groups is 2. The van der Waals surface area contributed by atoms with Gasteiger partial charge >= 0.3 is 0 Å². The van der Waals surface area contributed by atoms with Gasteiger partial charge in [0.25, 0.3) is 0 Å². The van der Waals surface area contributed by atoms with E-state index in [0.29, 0.717) is 0 Å². The maximum Gasteiger partial charge on any atom is 0.202 e. The number of methoxy groups -OCH3 is 2. The van der Waals surface area contributed by atoms with Gasteiger partial charge in [-0.2, -0.15) is 0 Å². The normalized spacial score (nSPS) is 34.2. The first-order chi connectivity index (χ1) is 19.6. The third-order valence-corrected chi connectivity index (χ3v) is 9.25. The summed E-state index contributed by atoms with van der Waals surface area (Å²) in [5.41, 5.74) is -4.00. The quantitative estimate of drug-likeness (QED) is 0.292. The van der Waals surface area contributed by atoms with Gasteiger partial charge in [0.2, 0.25) is 5.78 Å². The van der Waals surface area contributed by atoms with E-state index in [9.17, 15) is 35.1 Å². The standard InChI is InChI=1S/C30H37NO11/c1-12-26(36)29(2,31(4)5)11-17(41-12)42-25-19-14(27(37)30(3,38)28(25)40-7)10-13-18(23(19)34)24(35)20-15(32)8-9-16(39-6)21(20)22(13)33/h8-10,12,17,25-28,32,34,36-38H,11H2,1-7H3/t12-,17-,25-,26+,27-,28+,29+,30-/m1/s1. The van der Waals surface area contributed by atoms with Crippen LogP contribution in [0.25, 0.3) is 0 Å². The van der Waals surface area contributed by atoms with E-state index in [1.165, 1.54) is 39.3 Å². The second-order valence-electron chi connectivity index (χ2n) is 11.9. The van der Waals surface area contributed by atoms with Crippen molar-refractivity contribution in [2.45, 2.75) is 75.1 Å². The van der Waals surface area contributed by atoms with E-state index in [4.69, 9.17) is 18.9 Å². The number of phenols is 2. The van der Waals surface area contributed by atoms with Crippen molar-refractivity contribution in [3.05, 3.63) is 51.6 Å². The van der Waals surface area contributed by atoms with Gasteiger partial charge in [-0.1, -0.05) is 0 Å². The van der Waals surface area contributed by atoms with Crippen LogP contribution in [0, 0.1) is 0 Å². The number of rotatable bonds is 5. The van der Waals surface area contributed by atoms with E-state index in [0.717, 1.165) is 0 Å². The summed E-state index contributed by atoms with van der Waals surface area (Å²) in [6, 6.07) is 3.81. The molecule has 8 atom stereocenters. The molecule has 0 spiro atoms. The van der Waals surface area contributed by atoms with Crippen LogP contribution in [0.3, 0.4) is 0 Å². The number of benzene rings is 2. The second kappa shape index (κ2) is 10.3. The molecule has 1 fully saturated rings. The van der Waals surface area contributed by atoms with Crippen LogP contribution in [0.1, 0.15) is 82.4 Å². The van der Waals surface area contributed by atoms with Crippen molar-refractivity contribution in [2.75, 3.05) is 28.3 Å². The minimum absolute atomic E-state index is 0.0440. The highest BCUT2D eigenvalue weighted by Crippen LogP contribution is 2.53. The molecule has 2 aromatic rings. The molecule has 0 bridgehead atoms. The number of ether oxygens (including phenoxy) is 4. The number of likely N-dealkylation sites (N-methyl/N-ethyl adjacent to an activating group) is 1. The summed E-state index contributed by atoms with van der Waals surface area (Å²) >= 11 is 0. The van der Waals surface area contributed by atoms with Gasteiger partial charge in [0, 0.05) is 24.7 Å². The van der Waals surface area contributed by atoms with Crippen molar-refractivity contribution >= 4 is 11.6 Å². The zero-order valence-electron chi connectivity index (χ0n) is 24.5. The van der Waals surface area contributed by atoms with Crippen LogP contribution in [-0.2, 0) is 14.2 Å². The summed E-state index contributed by atoms with van der Waals surface area (Å²) in [5.74, 6) is -2.63. The number of nitrogens with zero attached hydrogens (tertiary/aromatic N) is 1. The Morgan fingerprint density at radius 1 is 1.02 bits per heavy atom. The molecule has 0 aromatic heterocycles. The molecule has 0 amide bonds. The fourth-order valence-corrected chi connectivity index (χ4v) is 6.54. The maximum absolute atomic E-state index is 13.8. The van der Waals surface area contributed by atoms with Crippen molar-refractivity contribution in [3.8, 4) is 17.2 Å². The van der Waals surface area contributed by atoms with E-state index in [1.54, 1.807) is 6.92 Å². The molecule has 5 rings (SSSR count). The smallest absolute Gasteiger partial charge is 0.202 e. The Hall–Kier alpha value is -3.10. The molecule has 12 heteroatoms. The first-order valence-corrected chi connectivity index (χ1v) is 13.6. The molecule has 5 N–H and O–H groups in total. The molecule has 12 nitrogen and oxygen atoms in total. The van der Waals surface area contributed by atoms with Gasteiger partial charge in [-0.25, -0.2) is 0 Å². The van der Waals surface area contributed by atoms with Crippen molar-refractivity contribution < 1.29 is 54.1 Å². The van der Waals surface area contributed by atoms with Gasteiger partial charge in [-0.15, -0.1) is 0 Å². The third kappa shape index (κ3) is 4.16. The lowest BCUT2D eigenvalue weighted by Crippen LogP contribution is -2.62. The molecule has 3 aliphatic rings. The summed E-state index contributed by atoms with van der Waals surface area (Å²) in [7, 11) is 6.25. The highest BCUT2D eigenvalue weighted by Gasteiger charge is 2.55. The molecule has 42 heavy (non-hydrogen) atoms. The Kier molecular flexibility index (Phi) is 7.42. The van der Waals surface area contributed by atoms with E-state index in [-0.39, 0.29) is 40.0 Å². The molecule has 0 radical (unpaired) electrons. The Morgan fingerprint density at radius 2 is 1.69 bits per heavy atom. The summed E-state index contributed by atoms with van der Waals surface area (Å²) in [6.45, 7) is 4.88. The van der Waals surface area contributed by atoms with Gasteiger partial charge in [-0.05, 0) is 58.6 Å².